The highest BCUT2D eigenvalue weighted by Crippen LogP contribution is 2.33. The number of carbonyl (C=O) groups is 1. The van der Waals surface area contributed by atoms with Crippen LogP contribution in [0, 0.1) is 6.92 Å². The normalized spacial score (nSPS) is 16.8. The number of aromatic nitrogens is 5. The molecule has 1 aliphatic heterocycles. The Balaban J connectivity index is 1.44. The standard InChI is InChI=1S/C26H30N8O2/c1-15-19-13-30-26(32-24(19)34(17-5-3-4-6-17)25(36)21(15)16(2)35)31-23-22-18(7-8-28-22)20(14-29-23)33-11-9-27-10-12-33/h7-8,13-14,17,27-28H,3-6,9-12H2,1-2H3,(H,29,30,31,32). The molecule has 0 atom stereocenters. The summed E-state index contributed by atoms with van der Waals surface area (Å²) >= 11 is 0. The van der Waals surface area contributed by atoms with Crippen LogP contribution in [-0.4, -0.2) is 56.5 Å². The molecule has 3 N–H and O–H groups in total. The van der Waals surface area contributed by atoms with E-state index in [1.807, 2.05) is 12.4 Å². The number of hydrogen-bond acceptors (Lipinski definition) is 8. The molecule has 2 aliphatic rings. The van der Waals surface area contributed by atoms with Gasteiger partial charge < -0.3 is 20.5 Å². The van der Waals surface area contributed by atoms with Crippen LogP contribution in [0.15, 0.2) is 29.5 Å². The predicted molar refractivity (Wildman–Crippen MR) is 141 cm³/mol. The first kappa shape index (κ1) is 22.7. The van der Waals surface area contributed by atoms with E-state index in [9.17, 15) is 9.59 Å². The van der Waals surface area contributed by atoms with E-state index in [0.29, 0.717) is 23.0 Å². The van der Waals surface area contributed by atoms with Crippen molar-refractivity contribution in [1.29, 1.82) is 0 Å². The van der Waals surface area contributed by atoms with Crippen molar-refractivity contribution in [3.05, 3.63) is 46.1 Å². The number of rotatable bonds is 5. The molecule has 0 spiro atoms. The Hall–Kier alpha value is -3.79. The van der Waals surface area contributed by atoms with E-state index < -0.39 is 0 Å². The van der Waals surface area contributed by atoms with Gasteiger partial charge in [0.25, 0.3) is 5.56 Å². The first-order chi connectivity index (χ1) is 17.5. The molecule has 5 heterocycles. The molecule has 4 aromatic heterocycles. The third-order valence-corrected chi connectivity index (χ3v) is 7.51. The molecule has 1 saturated heterocycles. The molecule has 4 aromatic rings. The van der Waals surface area contributed by atoms with Crippen molar-refractivity contribution in [2.75, 3.05) is 36.4 Å². The number of aryl methyl sites for hydroxylation is 1. The van der Waals surface area contributed by atoms with Crippen LogP contribution in [0.1, 0.15) is 54.6 Å². The molecule has 1 aliphatic carbocycles. The largest absolute Gasteiger partial charge is 0.367 e. The van der Waals surface area contributed by atoms with E-state index in [1.165, 1.54) is 6.92 Å². The summed E-state index contributed by atoms with van der Waals surface area (Å²) in [6, 6.07) is 2.10. The Bertz CT molecular complexity index is 1530. The molecule has 0 unspecified atom stereocenters. The van der Waals surface area contributed by atoms with E-state index in [1.54, 1.807) is 17.7 Å². The van der Waals surface area contributed by atoms with Crippen LogP contribution in [-0.2, 0) is 0 Å². The Labute approximate surface area is 208 Å². The fourth-order valence-electron chi connectivity index (χ4n) is 5.71. The number of H-pyrrole nitrogens is 1. The Morgan fingerprint density at radius 1 is 1.11 bits per heavy atom. The van der Waals surface area contributed by atoms with Gasteiger partial charge in [0.1, 0.15) is 5.65 Å². The maximum absolute atomic E-state index is 13.5. The molecule has 1 saturated carbocycles. The van der Waals surface area contributed by atoms with E-state index in [4.69, 9.17) is 9.97 Å². The average Bonchev–Trinajstić information content (AvgIpc) is 3.58. The number of pyridine rings is 2. The second-order valence-electron chi connectivity index (χ2n) is 9.72. The summed E-state index contributed by atoms with van der Waals surface area (Å²) in [5.74, 6) is 0.762. The molecule has 186 valence electrons. The quantitative estimate of drug-likeness (QED) is 0.367. The molecule has 0 bridgehead atoms. The summed E-state index contributed by atoms with van der Waals surface area (Å²) in [7, 11) is 0. The monoisotopic (exact) mass is 486 g/mol. The third kappa shape index (κ3) is 3.72. The lowest BCUT2D eigenvalue weighted by molar-refractivity contribution is 0.101. The van der Waals surface area contributed by atoms with Gasteiger partial charge in [0.15, 0.2) is 11.6 Å². The number of nitrogens with zero attached hydrogens (tertiary/aromatic N) is 5. The maximum atomic E-state index is 13.5. The van der Waals surface area contributed by atoms with Crippen molar-refractivity contribution < 1.29 is 4.79 Å². The number of Topliss-reactive ketones (excluding diaryl/α,β-unsaturated/α-hetero) is 1. The van der Waals surface area contributed by atoms with Crippen molar-refractivity contribution in [1.82, 2.24) is 29.8 Å². The van der Waals surface area contributed by atoms with Gasteiger partial charge >= 0.3 is 0 Å². The fraction of sp³-hybridized carbons (Fsp3) is 0.423. The smallest absolute Gasteiger partial charge is 0.263 e. The van der Waals surface area contributed by atoms with E-state index in [2.05, 4.69) is 31.6 Å². The van der Waals surface area contributed by atoms with Gasteiger partial charge in [-0.25, -0.2) is 9.97 Å². The molecule has 10 nitrogen and oxygen atoms in total. The van der Waals surface area contributed by atoms with Gasteiger partial charge in [0, 0.05) is 55.4 Å². The first-order valence-corrected chi connectivity index (χ1v) is 12.6. The SMILES string of the molecule is CC(=O)c1c(C)c2cnc(Nc3ncc(N4CCNCC4)c4cc[nH]c34)nc2n(C2CCCC2)c1=O. The Kier molecular flexibility index (Phi) is 5.67. The topological polar surface area (TPSA) is 121 Å². The van der Waals surface area contributed by atoms with Gasteiger partial charge in [-0.3, -0.25) is 14.2 Å². The summed E-state index contributed by atoms with van der Waals surface area (Å²) in [5, 5.41) is 8.47. The number of hydrogen-bond donors (Lipinski definition) is 3. The predicted octanol–water partition coefficient (Wildman–Crippen LogP) is 3.45. The lowest BCUT2D eigenvalue weighted by Crippen LogP contribution is -2.43. The molecule has 10 heteroatoms. The Morgan fingerprint density at radius 3 is 2.64 bits per heavy atom. The van der Waals surface area contributed by atoms with Crippen molar-refractivity contribution in [3.8, 4) is 0 Å². The minimum Gasteiger partial charge on any atom is -0.367 e. The zero-order valence-electron chi connectivity index (χ0n) is 20.6. The maximum Gasteiger partial charge on any atom is 0.263 e. The van der Waals surface area contributed by atoms with Crippen LogP contribution in [0.5, 0.6) is 0 Å². The Morgan fingerprint density at radius 2 is 1.89 bits per heavy atom. The van der Waals surface area contributed by atoms with E-state index in [0.717, 1.165) is 73.8 Å². The lowest BCUT2D eigenvalue weighted by Gasteiger charge is -2.29. The van der Waals surface area contributed by atoms with Gasteiger partial charge in [0.2, 0.25) is 5.95 Å². The second kappa shape index (κ2) is 9.02. The molecule has 36 heavy (non-hydrogen) atoms. The third-order valence-electron chi connectivity index (χ3n) is 7.51. The van der Waals surface area contributed by atoms with Crippen molar-refractivity contribution in [2.24, 2.45) is 0 Å². The number of ketones is 1. The molecule has 0 amide bonds. The van der Waals surface area contributed by atoms with Crippen LogP contribution in [0.3, 0.4) is 0 Å². The lowest BCUT2D eigenvalue weighted by atomic mass is 10.0. The molecule has 2 fully saturated rings. The summed E-state index contributed by atoms with van der Waals surface area (Å²) in [6.45, 7) is 7.01. The van der Waals surface area contributed by atoms with Gasteiger partial charge in [-0.15, -0.1) is 0 Å². The van der Waals surface area contributed by atoms with E-state index >= 15 is 0 Å². The van der Waals surface area contributed by atoms with Crippen LogP contribution >= 0.6 is 0 Å². The van der Waals surface area contributed by atoms with Crippen LogP contribution in [0.25, 0.3) is 21.9 Å². The van der Waals surface area contributed by atoms with Gasteiger partial charge in [-0.1, -0.05) is 12.8 Å². The summed E-state index contributed by atoms with van der Waals surface area (Å²) in [6.07, 6.45) is 9.44. The van der Waals surface area contributed by atoms with Crippen molar-refractivity contribution in [2.45, 2.75) is 45.6 Å². The average molecular weight is 487 g/mol. The van der Waals surface area contributed by atoms with Crippen LogP contribution < -0.4 is 21.1 Å². The molecular weight excluding hydrogens is 456 g/mol. The highest BCUT2D eigenvalue weighted by Gasteiger charge is 2.26. The zero-order valence-corrected chi connectivity index (χ0v) is 20.6. The minimum absolute atomic E-state index is 0.0352. The van der Waals surface area contributed by atoms with Crippen molar-refractivity contribution in [3.63, 3.8) is 0 Å². The molecule has 0 aromatic carbocycles. The summed E-state index contributed by atoms with van der Waals surface area (Å²) < 4.78 is 1.73. The van der Waals surface area contributed by atoms with Gasteiger partial charge in [-0.05, 0) is 38.3 Å². The van der Waals surface area contributed by atoms with Gasteiger partial charge in [-0.2, -0.15) is 4.98 Å². The fourth-order valence-corrected chi connectivity index (χ4v) is 5.71. The van der Waals surface area contributed by atoms with E-state index in [-0.39, 0.29) is 22.9 Å². The second-order valence-corrected chi connectivity index (χ2v) is 9.72. The number of fused-ring (bicyclic) bond motifs is 2. The minimum atomic E-state index is -0.255. The molecular formula is C26H30N8O2. The number of nitrogens with one attached hydrogen (secondary N) is 3. The summed E-state index contributed by atoms with van der Waals surface area (Å²) in [4.78, 5) is 45.5. The highest BCUT2D eigenvalue weighted by molar-refractivity contribution is 6.00. The molecule has 6 rings (SSSR count). The summed E-state index contributed by atoms with van der Waals surface area (Å²) in [5.41, 5.74) is 3.15. The first-order valence-electron chi connectivity index (χ1n) is 12.6. The highest BCUT2D eigenvalue weighted by atomic mass is 16.1. The zero-order chi connectivity index (χ0) is 24.8. The molecule has 0 radical (unpaired) electrons. The van der Waals surface area contributed by atoms with Crippen molar-refractivity contribution >= 4 is 45.2 Å². The van der Waals surface area contributed by atoms with Crippen LogP contribution in [0.4, 0.5) is 17.5 Å². The van der Waals surface area contributed by atoms with Gasteiger partial charge in [0.05, 0.1) is 23.0 Å². The van der Waals surface area contributed by atoms with Crippen LogP contribution in [0.2, 0.25) is 0 Å². The number of carbonyl (C=O) groups excluding carboxylic acids is 1. The number of aromatic amines is 1. The number of anilines is 3. The number of piperazine rings is 1.